The number of carbonyl (C=O) groups is 1. The SMILES string of the molecule is O=C(Nc1ncccc1OCc1ccncc1)c1cccc(S(=O)(=O)Nc2ccc(F)cc2)c1. The molecule has 0 aliphatic carbocycles. The predicted octanol–water partition coefficient (Wildman–Crippen LogP) is 4.25. The number of hydrogen-bond donors (Lipinski definition) is 2. The summed E-state index contributed by atoms with van der Waals surface area (Å²) < 4.78 is 46.7. The molecule has 0 bridgehead atoms. The highest BCUT2D eigenvalue weighted by Gasteiger charge is 2.18. The van der Waals surface area contributed by atoms with Crippen molar-refractivity contribution in [3.8, 4) is 5.75 Å². The van der Waals surface area contributed by atoms with Gasteiger partial charge in [-0.25, -0.2) is 17.8 Å². The Labute approximate surface area is 195 Å². The molecule has 0 aliphatic rings. The van der Waals surface area contributed by atoms with Gasteiger partial charge in [-0.15, -0.1) is 0 Å². The van der Waals surface area contributed by atoms with Gasteiger partial charge >= 0.3 is 0 Å². The van der Waals surface area contributed by atoms with Gasteiger partial charge in [0.15, 0.2) is 11.6 Å². The standard InChI is InChI=1S/C24H19FN4O4S/c25-19-6-8-20(9-7-19)29-34(31,32)21-4-1-3-18(15-21)24(30)28-23-22(5-2-12-27-23)33-16-17-10-13-26-14-11-17/h1-15,29H,16H2,(H,27,28,30). The Morgan fingerprint density at radius 1 is 0.941 bits per heavy atom. The summed E-state index contributed by atoms with van der Waals surface area (Å²) in [6, 6.07) is 17.4. The number of rotatable bonds is 8. The van der Waals surface area contributed by atoms with Gasteiger partial charge in [-0.2, -0.15) is 0 Å². The molecule has 2 aromatic carbocycles. The second kappa shape index (κ2) is 10.1. The Morgan fingerprint density at radius 2 is 1.71 bits per heavy atom. The number of halogens is 1. The lowest BCUT2D eigenvalue weighted by atomic mass is 10.2. The minimum absolute atomic E-state index is 0.104. The van der Waals surface area contributed by atoms with Crippen molar-refractivity contribution in [2.45, 2.75) is 11.5 Å². The summed E-state index contributed by atoms with van der Waals surface area (Å²) in [5, 5.41) is 2.65. The molecule has 0 fully saturated rings. The molecule has 0 radical (unpaired) electrons. The van der Waals surface area contributed by atoms with Crippen molar-refractivity contribution >= 4 is 27.4 Å². The quantitative estimate of drug-likeness (QED) is 0.392. The number of anilines is 2. The number of nitrogens with zero attached hydrogens (tertiary/aromatic N) is 2. The normalized spacial score (nSPS) is 11.0. The molecule has 2 N–H and O–H groups in total. The van der Waals surface area contributed by atoms with Crippen LogP contribution in [0.25, 0.3) is 0 Å². The lowest BCUT2D eigenvalue weighted by Gasteiger charge is -2.12. The monoisotopic (exact) mass is 478 g/mol. The summed E-state index contributed by atoms with van der Waals surface area (Å²) in [5.74, 6) is -0.500. The van der Waals surface area contributed by atoms with E-state index in [9.17, 15) is 17.6 Å². The number of hydrogen-bond acceptors (Lipinski definition) is 6. The number of nitrogens with one attached hydrogen (secondary N) is 2. The Kier molecular flexibility index (Phi) is 6.79. The maximum absolute atomic E-state index is 13.1. The Morgan fingerprint density at radius 3 is 2.47 bits per heavy atom. The third kappa shape index (κ3) is 5.73. The van der Waals surface area contributed by atoms with Crippen molar-refractivity contribution in [3.05, 3.63) is 108 Å². The van der Waals surface area contributed by atoms with Crippen LogP contribution in [0.3, 0.4) is 0 Å². The highest BCUT2D eigenvalue weighted by atomic mass is 32.2. The number of benzene rings is 2. The van der Waals surface area contributed by atoms with Crippen molar-refractivity contribution in [3.63, 3.8) is 0 Å². The van der Waals surface area contributed by atoms with Crippen LogP contribution in [0.4, 0.5) is 15.9 Å². The summed E-state index contributed by atoms with van der Waals surface area (Å²) in [7, 11) is -4.00. The fraction of sp³-hybridized carbons (Fsp3) is 0.0417. The van der Waals surface area contributed by atoms with Crippen LogP contribution in [0.5, 0.6) is 5.75 Å². The van der Waals surface area contributed by atoms with Gasteiger partial charge in [0.05, 0.1) is 4.90 Å². The molecular weight excluding hydrogens is 459 g/mol. The lowest BCUT2D eigenvalue weighted by molar-refractivity contribution is 0.102. The van der Waals surface area contributed by atoms with Crippen LogP contribution in [0, 0.1) is 5.82 Å². The van der Waals surface area contributed by atoms with Crippen LogP contribution in [0.15, 0.2) is 96.3 Å². The van der Waals surface area contributed by atoms with Gasteiger partial charge in [-0.1, -0.05) is 6.07 Å². The first-order valence-corrected chi connectivity index (χ1v) is 11.6. The number of pyridine rings is 2. The Balaban J connectivity index is 1.49. The summed E-state index contributed by atoms with van der Waals surface area (Å²) in [5.41, 5.74) is 1.19. The molecule has 0 saturated heterocycles. The summed E-state index contributed by atoms with van der Waals surface area (Å²) in [4.78, 5) is 20.8. The minimum atomic E-state index is -4.00. The second-order valence-corrected chi connectivity index (χ2v) is 8.77. The van der Waals surface area contributed by atoms with E-state index in [0.29, 0.717) is 5.75 Å². The fourth-order valence-corrected chi connectivity index (χ4v) is 4.06. The van der Waals surface area contributed by atoms with Crippen molar-refractivity contribution < 1.29 is 22.3 Å². The molecule has 1 amide bonds. The number of ether oxygens (including phenoxy) is 1. The van der Waals surface area contributed by atoms with Gasteiger partial charge in [0.1, 0.15) is 12.4 Å². The average molecular weight is 479 g/mol. The van der Waals surface area contributed by atoms with E-state index in [1.807, 2.05) is 0 Å². The van der Waals surface area contributed by atoms with E-state index in [0.717, 1.165) is 17.7 Å². The van der Waals surface area contributed by atoms with E-state index in [2.05, 4.69) is 20.0 Å². The molecule has 8 nitrogen and oxygen atoms in total. The van der Waals surface area contributed by atoms with Crippen molar-refractivity contribution in [1.82, 2.24) is 9.97 Å². The first kappa shape index (κ1) is 22.9. The van der Waals surface area contributed by atoms with Crippen LogP contribution >= 0.6 is 0 Å². The number of amides is 1. The second-order valence-electron chi connectivity index (χ2n) is 7.09. The molecule has 0 aliphatic heterocycles. The van der Waals surface area contributed by atoms with E-state index < -0.39 is 21.7 Å². The number of carbonyl (C=O) groups excluding carboxylic acids is 1. The van der Waals surface area contributed by atoms with Gasteiger partial charge in [-0.05, 0) is 72.3 Å². The third-order valence-corrected chi connectivity index (χ3v) is 6.03. The van der Waals surface area contributed by atoms with Crippen molar-refractivity contribution in [2.24, 2.45) is 0 Å². The van der Waals surface area contributed by atoms with Crippen molar-refractivity contribution in [2.75, 3.05) is 10.0 Å². The molecule has 172 valence electrons. The third-order valence-electron chi connectivity index (χ3n) is 4.65. The smallest absolute Gasteiger partial charge is 0.261 e. The van der Waals surface area contributed by atoms with E-state index in [-0.39, 0.29) is 28.6 Å². The molecule has 0 atom stereocenters. The number of sulfonamides is 1. The maximum Gasteiger partial charge on any atom is 0.261 e. The van der Waals surface area contributed by atoms with E-state index in [1.54, 1.807) is 36.7 Å². The first-order chi connectivity index (χ1) is 16.4. The summed E-state index contributed by atoms with van der Waals surface area (Å²) >= 11 is 0. The molecular formula is C24H19FN4O4S. The molecule has 2 aromatic heterocycles. The molecule has 0 saturated carbocycles. The minimum Gasteiger partial charge on any atom is -0.485 e. The molecule has 10 heteroatoms. The Hall–Kier alpha value is -4.31. The maximum atomic E-state index is 13.1. The predicted molar refractivity (Wildman–Crippen MR) is 124 cm³/mol. The van der Waals surface area contributed by atoms with Gasteiger partial charge in [0.25, 0.3) is 15.9 Å². The molecule has 34 heavy (non-hydrogen) atoms. The van der Waals surface area contributed by atoms with Crippen LogP contribution in [-0.4, -0.2) is 24.3 Å². The van der Waals surface area contributed by atoms with E-state index in [1.165, 1.54) is 42.6 Å². The first-order valence-electron chi connectivity index (χ1n) is 10.1. The van der Waals surface area contributed by atoms with Gasteiger partial charge in [0.2, 0.25) is 0 Å². The zero-order valence-electron chi connectivity index (χ0n) is 17.7. The zero-order chi connectivity index (χ0) is 24.0. The molecule has 2 heterocycles. The van der Waals surface area contributed by atoms with Crippen molar-refractivity contribution in [1.29, 1.82) is 0 Å². The average Bonchev–Trinajstić information content (AvgIpc) is 2.85. The fourth-order valence-electron chi connectivity index (χ4n) is 2.96. The molecule has 0 unspecified atom stereocenters. The van der Waals surface area contributed by atoms with Gasteiger partial charge in [-0.3, -0.25) is 14.5 Å². The van der Waals surface area contributed by atoms with Crippen LogP contribution in [0.1, 0.15) is 15.9 Å². The zero-order valence-corrected chi connectivity index (χ0v) is 18.5. The summed E-state index contributed by atoms with van der Waals surface area (Å²) in [6.07, 6.45) is 4.80. The van der Waals surface area contributed by atoms with E-state index in [4.69, 9.17) is 4.74 Å². The van der Waals surface area contributed by atoms with E-state index >= 15 is 0 Å². The number of aromatic nitrogens is 2. The Bertz CT molecular complexity index is 1400. The molecule has 4 aromatic rings. The van der Waals surface area contributed by atoms with Crippen LogP contribution in [0.2, 0.25) is 0 Å². The van der Waals surface area contributed by atoms with Crippen LogP contribution < -0.4 is 14.8 Å². The van der Waals surface area contributed by atoms with Gasteiger partial charge in [0, 0.05) is 29.8 Å². The lowest BCUT2D eigenvalue weighted by Crippen LogP contribution is -2.17. The highest BCUT2D eigenvalue weighted by molar-refractivity contribution is 7.92. The molecule has 4 rings (SSSR count). The molecule has 0 spiro atoms. The summed E-state index contributed by atoms with van der Waals surface area (Å²) in [6.45, 7) is 0.250. The topological polar surface area (TPSA) is 110 Å². The van der Waals surface area contributed by atoms with Crippen LogP contribution in [-0.2, 0) is 16.6 Å². The highest BCUT2D eigenvalue weighted by Crippen LogP contribution is 2.24. The largest absolute Gasteiger partial charge is 0.485 e. The van der Waals surface area contributed by atoms with Gasteiger partial charge < -0.3 is 10.1 Å².